The van der Waals surface area contributed by atoms with E-state index >= 15 is 0 Å². The van der Waals surface area contributed by atoms with Crippen LogP contribution in [0.5, 0.6) is 0 Å². The van der Waals surface area contributed by atoms with Gasteiger partial charge in [0.05, 0.1) is 12.4 Å². The van der Waals surface area contributed by atoms with Crippen molar-refractivity contribution < 1.29 is 13.5 Å². The Hall–Kier alpha value is -1.12. The molecule has 0 aliphatic rings. The highest BCUT2D eigenvalue weighted by Gasteiger charge is 2.22. The van der Waals surface area contributed by atoms with E-state index in [0.29, 0.717) is 0 Å². The van der Waals surface area contributed by atoms with E-state index in [4.69, 9.17) is 10.8 Å². The number of anilines is 1. The third-order valence-electron chi connectivity index (χ3n) is 1.73. The molecule has 1 rings (SSSR count). The number of aromatic nitrogens is 2. The van der Waals surface area contributed by atoms with Crippen molar-refractivity contribution in [3.05, 3.63) is 6.33 Å². The van der Waals surface area contributed by atoms with E-state index in [2.05, 4.69) is 9.71 Å². The second kappa shape index (κ2) is 4.17. The zero-order valence-electron chi connectivity index (χ0n) is 8.51. The lowest BCUT2D eigenvalue weighted by Crippen LogP contribution is -2.32. The van der Waals surface area contributed by atoms with Crippen LogP contribution >= 0.6 is 0 Å². The van der Waals surface area contributed by atoms with Crippen LogP contribution in [-0.2, 0) is 17.1 Å². The fourth-order valence-electron chi connectivity index (χ4n) is 1.06. The summed E-state index contributed by atoms with van der Waals surface area (Å²) in [6, 6.07) is 0. The molecule has 0 spiro atoms. The fraction of sp³-hybridized carbons (Fsp3) is 0.571. The maximum atomic E-state index is 11.7. The molecule has 4 N–H and O–H groups in total. The van der Waals surface area contributed by atoms with Crippen LogP contribution < -0.4 is 10.5 Å². The predicted octanol–water partition coefficient (Wildman–Crippen LogP) is -1.34. The van der Waals surface area contributed by atoms with E-state index in [0.717, 1.165) is 0 Å². The normalized spacial score (nSPS) is 14.1. The minimum absolute atomic E-state index is 0.0596. The number of nitrogen functional groups attached to an aromatic ring is 1. The van der Waals surface area contributed by atoms with Crippen LogP contribution in [0.2, 0.25) is 0 Å². The second-order valence-electron chi connectivity index (χ2n) is 3.25. The molecule has 1 atom stereocenters. The summed E-state index contributed by atoms with van der Waals surface area (Å²) < 4.78 is 26.9. The molecule has 1 aromatic heterocycles. The molecule has 8 heteroatoms. The summed E-state index contributed by atoms with van der Waals surface area (Å²) in [5.41, 5.74) is 5.42. The molecular weight excluding hydrogens is 220 g/mol. The molecule has 0 unspecified atom stereocenters. The standard InChI is InChI=1S/C7H14N4O3S/c1-5(12)3-10-15(13,14)7-6(8)9-4-11(7)2/h4-5,10,12H,3,8H2,1-2H3/t5-/m1/s1. The zero-order valence-corrected chi connectivity index (χ0v) is 9.32. The van der Waals surface area contributed by atoms with Gasteiger partial charge in [-0.15, -0.1) is 0 Å². The highest BCUT2D eigenvalue weighted by atomic mass is 32.2. The number of nitrogens with one attached hydrogen (secondary N) is 1. The lowest BCUT2D eigenvalue weighted by molar-refractivity contribution is 0.198. The maximum absolute atomic E-state index is 11.7. The molecule has 1 aromatic rings. The molecule has 0 bridgehead atoms. The number of aliphatic hydroxyl groups is 1. The van der Waals surface area contributed by atoms with Gasteiger partial charge in [-0.2, -0.15) is 0 Å². The van der Waals surface area contributed by atoms with Crippen LogP contribution in [0.4, 0.5) is 5.82 Å². The summed E-state index contributed by atoms with van der Waals surface area (Å²) in [5, 5.41) is 8.88. The van der Waals surface area contributed by atoms with Crippen molar-refractivity contribution in [1.82, 2.24) is 14.3 Å². The van der Waals surface area contributed by atoms with Gasteiger partial charge in [0.25, 0.3) is 10.0 Å². The molecule has 0 aromatic carbocycles. The van der Waals surface area contributed by atoms with Gasteiger partial charge < -0.3 is 15.4 Å². The molecule has 15 heavy (non-hydrogen) atoms. The van der Waals surface area contributed by atoms with Gasteiger partial charge in [-0.05, 0) is 6.92 Å². The first kappa shape index (κ1) is 12.0. The zero-order chi connectivity index (χ0) is 11.6. The smallest absolute Gasteiger partial charge is 0.260 e. The van der Waals surface area contributed by atoms with Crippen molar-refractivity contribution in [2.75, 3.05) is 12.3 Å². The minimum Gasteiger partial charge on any atom is -0.392 e. The van der Waals surface area contributed by atoms with Gasteiger partial charge in [0.1, 0.15) is 0 Å². The Bertz CT molecular complexity index is 418. The Kier molecular flexibility index (Phi) is 3.32. The van der Waals surface area contributed by atoms with Gasteiger partial charge in [-0.25, -0.2) is 18.1 Å². The molecule has 86 valence electrons. The predicted molar refractivity (Wildman–Crippen MR) is 54.5 cm³/mol. The molecule has 0 aliphatic carbocycles. The molecule has 0 saturated heterocycles. The van der Waals surface area contributed by atoms with Crippen molar-refractivity contribution in [2.45, 2.75) is 18.1 Å². The molecule has 0 amide bonds. The molecule has 1 heterocycles. The maximum Gasteiger partial charge on any atom is 0.260 e. The average molecular weight is 234 g/mol. The number of nitrogens with two attached hydrogens (primary N) is 1. The van der Waals surface area contributed by atoms with Crippen LogP contribution in [0.25, 0.3) is 0 Å². The van der Waals surface area contributed by atoms with Crippen LogP contribution in [0.15, 0.2) is 11.4 Å². The number of rotatable bonds is 4. The van der Waals surface area contributed by atoms with Crippen molar-refractivity contribution >= 4 is 15.8 Å². The second-order valence-corrected chi connectivity index (χ2v) is 4.93. The molecular formula is C7H14N4O3S. The number of imidazole rings is 1. The monoisotopic (exact) mass is 234 g/mol. The van der Waals surface area contributed by atoms with E-state index in [-0.39, 0.29) is 17.4 Å². The summed E-state index contributed by atoms with van der Waals surface area (Å²) >= 11 is 0. The third-order valence-corrected chi connectivity index (χ3v) is 3.29. The summed E-state index contributed by atoms with van der Waals surface area (Å²) in [6.45, 7) is 1.42. The number of nitrogens with zero attached hydrogens (tertiary/aromatic N) is 2. The van der Waals surface area contributed by atoms with Gasteiger partial charge in [0.15, 0.2) is 10.8 Å². The van der Waals surface area contributed by atoms with Crippen LogP contribution in [-0.4, -0.2) is 35.7 Å². The highest BCUT2D eigenvalue weighted by molar-refractivity contribution is 7.89. The molecule has 7 nitrogen and oxygen atoms in total. The number of hydrogen-bond donors (Lipinski definition) is 3. The van der Waals surface area contributed by atoms with Crippen LogP contribution in [0.3, 0.4) is 0 Å². The molecule has 0 fully saturated rings. The van der Waals surface area contributed by atoms with Gasteiger partial charge >= 0.3 is 0 Å². The summed E-state index contributed by atoms with van der Waals surface area (Å²) in [5.74, 6) is -0.0596. The number of aryl methyl sites for hydroxylation is 1. The fourth-order valence-corrected chi connectivity index (χ4v) is 2.41. The van der Waals surface area contributed by atoms with Crippen molar-refractivity contribution in [3.63, 3.8) is 0 Å². The van der Waals surface area contributed by atoms with Crippen molar-refractivity contribution in [1.29, 1.82) is 0 Å². The Morgan fingerprint density at radius 3 is 2.73 bits per heavy atom. The molecule has 0 aliphatic heterocycles. The van der Waals surface area contributed by atoms with Crippen molar-refractivity contribution in [2.24, 2.45) is 7.05 Å². The number of aliphatic hydroxyl groups excluding tert-OH is 1. The highest BCUT2D eigenvalue weighted by Crippen LogP contribution is 2.14. The Labute approximate surface area is 88.0 Å². The number of sulfonamides is 1. The summed E-state index contributed by atoms with van der Waals surface area (Å²) in [6.07, 6.45) is 0.556. The van der Waals surface area contributed by atoms with Gasteiger partial charge in [-0.1, -0.05) is 0 Å². The lowest BCUT2D eigenvalue weighted by Gasteiger charge is -2.08. The lowest BCUT2D eigenvalue weighted by atomic mass is 10.4. The SMILES string of the molecule is C[C@@H](O)CNS(=O)(=O)c1c(N)ncn1C. The van der Waals surface area contributed by atoms with Gasteiger partial charge in [0, 0.05) is 13.6 Å². The summed E-state index contributed by atoms with van der Waals surface area (Å²) in [4.78, 5) is 3.67. The summed E-state index contributed by atoms with van der Waals surface area (Å²) in [7, 11) is -2.18. The van der Waals surface area contributed by atoms with E-state index in [1.54, 1.807) is 0 Å². The largest absolute Gasteiger partial charge is 0.392 e. The quantitative estimate of drug-likeness (QED) is 0.597. The number of hydrogen-bond acceptors (Lipinski definition) is 5. The van der Waals surface area contributed by atoms with E-state index in [9.17, 15) is 8.42 Å². The van der Waals surface area contributed by atoms with E-state index < -0.39 is 16.1 Å². The Morgan fingerprint density at radius 2 is 2.33 bits per heavy atom. The van der Waals surface area contributed by atoms with Gasteiger partial charge in [-0.3, -0.25) is 0 Å². The third kappa shape index (κ3) is 2.67. The first-order valence-electron chi connectivity index (χ1n) is 4.29. The Balaban J connectivity index is 2.96. The average Bonchev–Trinajstić information content (AvgIpc) is 2.43. The Morgan fingerprint density at radius 1 is 1.73 bits per heavy atom. The van der Waals surface area contributed by atoms with Crippen molar-refractivity contribution in [3.8, 4) is 0 Å². The minimum atomic E-state index is -3.71. The van der Waals surface area contributed by atoms with E-state index in [1.165, 1.54) is 24.9 Å². The van der Waals surface area contributed by atoms with Gasteiger partial charge in [0.2, 0.25) is 0 Å². The van der Waals surface area contributed by atoms with Crippen LogP contribution in [0.1, 0.15) is 6.92 Å². The molecule has 0 radical (unpaired) electrons. The molecule has 0 saturated carbocycles. The van der Waals surface area contributed by atoms with Crippen LogP contribution in [0, 0.1) is 0 Å². The van der Waals surface area contributed by atoms with E-state index in [1.807, 2.05) is 0 Å². The topological polar surface area (TPSA) is 110 Å². The first-order valence-corrected chi connectivity index (χ1v) is 5.77. The first-order chi connectivity index (χ1) is 6.84.